The van der Waals surface area contributed by atoms with Crippen LogP contribution in [0.4, 0.5) is 0 Å². The number of halogens is 1. The third-order valence-electron chi connectivity index (χ3n) is 2.61. The summed E-state index contributed by atoms with van der Waals surface area (Å²) >= 11 is 5.32. The molecule has 0 heterocycles. The molecule has 0 radical (unpaired) electrons. The molecule has 1 rings (SSSR count). The van der Waals surface area contributed by atoms with Gasteiger partial charge in [0.15, 0.2) is 0 Å². The fourth-order valence-electron chi connectivity index (χ4n) is 1.38. The summed E-state index contributed by atoms with van der Waals surface area (Å²) in [5.74, 6) is 0.585. The van der Waals surface area contributed by atoms with Crippen molar-refractivity contribution in [2.45, 2.75) is 20.8 Å². The molecule has 0 N–H and O–H groups in total. The van der Waals surface area contributed by atoms with E-state index in [0.29, 0.717) is 5.92 Å². The minimum absolute atomic E-state index is 0.110. The van der Waals surface area contributed by atoms with Crippen LogP contribution in [0.15, 0.2) is 0 Å². The van der Waals surface area contributed by atoms with Crippen molar-refractivity contribution in [2.24, 2.45) is 17.3 Å². The molecule has 1 aliphatic carbocycles. The van der Waals surface area contributed by atoms with E-state index in [2.05, 4.69) is 20.8 Å². The fourth-order valence-corrected chi connectivity index (χ4v) is 1.85. The van der Waals surface area contributed by atoms with Crippen LogP contribution >= 0.6 is 11.6 Å². The lowest BCUT2D eigenvalue weighted by Gasteiger charge is -1.95. The van der Waals surface area contributed by atoms with Gasteiger partial charge in [-0.1, -0.05) is 20.8 Å². The Bertz CT molecular complexity index is 151. The smallest absolute Gasteiger partial charge is 0.225 e. The monoisotopic (exact) mass is 146 g/mol. The Morgan fingerprint density at radius 2 is 1.89 bits per heavy atom. The van der Waals surface area contributed by atoms with Crippen LogP contribution in [0.5, 0.6) is 0 Å². The second-order valence-corrected chi connectivity index (χ2v) is 3.76. The van der Waals surface area contributed by atoms with Crippen molar-refractivity contribution in [1.82, 2.24) is 0 Å². The van der Waals surface area contributed by atoms with Gasteiger partial charge in [-0.05, 0) is 22.9 Å². The van der Waals surface area contributed by atoms with Gasteiger partial charge in [0.1, 0.15) is 0 Å². The van der Waals surface area contributed by atoms with Crippen LogP contribution in [0.3, 0.4) is 0 Å². The molecule has 2 atom stereocenters. The molecule has 0 spiro atoms. The second-order valence-electron chi connectivity index (χ2n) is 3.39. The molecule has 1 nitrogen and oxygen atoms in total. The molecule has 1 fully saturated rings. The molecule has 0 aromatic rings. The van der Waals surface area contributed by atoms with E-state index in [0.717, 1.165) is 0 Å². The average molecular weight is 147 g/mol. The van der Waals surface area contributed by atoms with E-state index < -0.39 is 0 Å². The van der Waals surface area contributed by atoms with Gasteiger partial charge in [0.25, 0.3) is 0 Å². The third-order valence-corrected chi connectivity index (χ3v) is 2.85. The van der Waals surface area contributed by atoms with Gasteiger partial charge in [0, 0.05) is 5.92 Å². The summed E-state index contributed by atoms with van der Waals surface area (Å²) in [6.07, 6.45) is 0. The van der Waals surface area contributed by atoms with Crippen molar-refractivity contribution in [3.63, 3.8) is 0 Å². The Hall–Kier alpha value is -0.0400. The maximum Gasteiger partial charge on any atom is 0.225 e. The van der Waals surface area contributed by atoms with Gasteiger partial charge in [-0.2, -0.15) is 0 Å². The minimum atomic E-state index is -0.174. The number of carbonyl (C=O) groups excluding carboxylic acids is 1. The molecular weight excluding hydrogens is 136 g/mol. The fraction of sp³-hybridized carbons (Fsp3) is 0.857. The van der Waals surface area contributed by atoms with E-state index in [1.807, 2.05) is 0 Å². The SMILES string of the molecule is C[C@H]1[C@@H](C(=O)Cl)C1(C)C. The molecule has 0 unspecified atom stereocenters. The van der Waals surface area contributed by atoms with Gasteiger partial charge in [0.2, 0.25) is 5.24 Å². The lowest BCUT2D eigenvalue weighted by molar-refractivity contribution is -0.113. The van der Waals surface area contributed by atoms with Crippen molar-refractivity contribution < 1.29 is 4.79 Å². The Kier molecular flexibility index (Phi) is 1.35. The summed E-state index contributed by atoms with van der Waals surface area (Å²) < 4.78 is 0. The normalized spacial score (nSPS) is 38.2. The molecule has 1 aliphatic rings. The molecule has 0 aliphatic heterocycles. The predicted octanol–water partition coefficient (Wildman–Crippen LogP) is 2.04. The highest BCUT2D eigenvalue weighted by Gasteiger charge is 2.58. The zero-order valence-corrected chi connectivity index (χ0v) is 6.70. The number of hydrogen-bond acceptors (Lipinski definition) is 1. The number of hydrogen-bond donors (Lipinski definition) is 0. The zero-order valence-electron chi connectivity index (χ0n) is 5.94. The summed E-state index contributed by atoms with van der Waals surface area (Å²) in [6.45, 7) is 6.20. The highest BCUT2D eigenvalue weighted by atomic mass is 35.5. The summed E-state index contributed by atoms with van der Waals surface area (Å²) in [5.41, 5.74) is 0.166. The summed E-state index contributed by atoms with van der Waals surface area (Å²) in [4.78, 5) is 10.6. The van der Waals surface area contributed by atoms with Crippen LogP contribution < -0.4 is 0 Å². The van der Waals surface area contributed by atoms with Gasteiger partial charge in [-0.25, -0.2) is 0 Å². The first-order valence-corrected chi connectivity index (χ1v) is 3.55. The predicted molar refractivity (Wildman–Crippen MR) is 37.3 cm³/mol. The second kappa shape index (κ2) is 1.72. The van der Waals surface area contributed by atoms with Crippen molar-refractivity contribution >= 4 is 16.8 Å². The van der Waals surface area contributed by atoms with Gasteiger partial charge in [-0.3, -0.25) is 4.79 Å². The van der Waals surface area contributed by atoms with Crippen molar-refractivity contribution in [1.29, 1.82) is 0 Å². The molecule has 0 saturated heterocycles. The number of rotatable bonds is 1. The number of carbonyl (C=O) groups is 1. The lowest BCUT2D eigenvalue weighted by Crippen LogP contribution is -1.96. The molecule has 52 valence electrons. The first kappa shape index (κ1) is 7.07. The highest BCUT2D eigenvalue weighted by Crippen LogP contribution is 2.58. The highest BCUT2D eigenvalue weighted by molar-refractivity contribution is 6.64. The molecule has 0 bridgehead atoms. The lowest BCUT2D eigenvalue weighted by atomic mass is 10.1. The van der Waals surface area contributed by atoms with Crippen LogP contribution in [0.25, 0.3) is 0 Å². The quantitative estimate of drug-likeness (QED) is 0.518. The van der Waals surface area contributed by atoms with Gasteiger partial charge < -0.3 is 0 Å². The molecule has 9 heavy (non-hydrogen) atoms. The topological polar surface area (TPSA) is 17.1 Å². The Morgan fingerprint density at radius 3 is 1.89 bits per heavy atom. The first-order chi connectivity index (χ1) is 3.98. The Balaban J connectivity index is 2.62. The minimum Gasteiger partial charge on any atom is -0.281 e. The van der Waals surface area contributed by atoms with Gasteiger partial charge in [0.05, 0.1) is 0 Å². The molecule has 0 aromatic carbocycles. The van der Waals surface area contributed by atoms with Crippen LogP contribution in [0.1, 0.15) is 20.8 Å². The van der Waals surface area contributed by atoms with E-state index in [-0.39, 0.29) is 16.6 Å². The van der Waals surface area contributed by atoms with Crippen molar-refractivity contribution in [3.8, 4) is 0 Å². The van der Waals surface area contributed by atoms with E-state index in [1.165, 1.54) is 0 Å². The molecule has 0 aromatic heterocycles. The standard InChI is InChI=1S/C7H11ClO/c1-4-5(6(8)9)7(4,2)3/h4-5H,1-3H3/t4-,5-/m0/s1. The van der Waals surface area contributed by atoms with E-state index in [1.54, 1.807) is 0 Å². The first-order valence-electron chi connectivity index (χ1n) is 3.17. The molecule has 1 saturated carbocycles. The van der Waals surface area contributed by atoms with E-state index in [4.69, 9.17) is 11.6 Å². The molecule has 2 heteroatoms. The Morgan fingerprint density at radius 1 is 1.56 bits per heavy atom. The Labute approximate surface area is 60.4 Å². The largest absolute Gasteiger partial charge is 0.281 e. The zero-order chi connectivity index (χ0) is 7.23. The van der Waals surface area contributed by atoms with Gasteiger partial charge in [-0.15, -0.1) is 0 Å². The van der Waals surface area contributed by atoms with Crippen LogP contribution in [0, 0.1) is 17.3 Å². The maximum absolute atomic E-state index is 10.6. The van der Waals surface area contributed by atoms with E-state index in [9.17, 15) is 4.79 Å². The maximum atomic E-state index is 10.6. The van der Waals surface area contributed by atoms with Crippen molar-refractivity contribution in [3.05, 3.63) is 0 Å². The molecule has 0 amide bonds. The van der Waals surface area contributed by atoms with Crippen molar-refractivity contribution in [2.75, 3.05) is 0 Å². The molecular formula is C7H11ClO. The van der Waals surface area contributed by atoms with Crippen LogP contribution in [-0.2, 0) is 4.79 Å². The van der Waals surface area contributed by atoms with Crippen LogP contribution in [0.2, 0.25) is 0 Å². The summed E-state index contributed by atoms with van der Waals surface area (Å²) in [5, 5.41) is -0.174. The van der Waals surface area contributed by atoms with Crippen LogP contribution in [-0.4, -0.2) is 5.24 Å². The summed E-state index contributed by atoms with van der Waals surface area (Å²) in [6, 6.07) is 0. The van der Waals surface area contributed by atoms with Gasteiger partial charge >= 0.3 is 0 Å². The summed E-state index contributed by atoms with van der Waals surface area (Å²) in [7, 11) is 0. The van der Waals surface area contributed by atoms with E-state index >= 15 is 0 Å². The average Bonchev–Trinajstić information content (AvgIpc) is 2.07. The third kappa shape index (κ3) is 0.877.